The lowest BCUT2D eigenvalue weighted by Gasteiger charge is -2.41. The average Bonchev–Trinajstić information content (AvgIpc) is 3.03. The number of carbonyl (C=O) groups excluding carboxylic acids is 3. The van der Waals surface area contributed by atoms with E-state index in [9.17, 15) is 14.4 Å². The molecule has 0 radical (unpaired) electrons. The Balaban J connectivity index is 1.52. The van der Waals surface area contributed by atoms with Crippen LogP contribution in [0.3, 0.4) is 0 Å². The largest absolute Gasteiger partial charge is 0.351 e. The standard InChI is InChI=1S/C24H30ClN5O3/c1-15-10-11-17(12-18(15)25)26-21(31)19-13-20-22(32)29(3)24(2,14-30(20)28-19)23(33)27-16-8-6-4-5-7-9-16/h10-13,16H,4-9,14H2,1-3H3,(H,26,31)(H,27,33). The summed E-state index contributed by atoms with van der Waals surface area (Å²) in [4.78, 5) is 40.6. The number of nitrogens with zero attached hydrogens (tertiary/aromatic N) is 3. The first kappa shape index (κ1) is 23.3. The van der Waals surface area contributed by atoms with Crippen molar-refractivity contribution in [3.8, 4) is 0 Å². The van der Waals surface area contributed by atoms with Crippen LogP contribution in [0.4, 0.5) is 5.69 Å². The minimum atomic E-state index is -1.10. The van der Waals surface area contributed by atoms with E-state index >= 15 is 0 Å². The predicted octanol–water partition coefficient (Wildman–Crippen LogP) is 3.78. The SMILES string of the molecule is Cc1ccc(NC(=O)c2cc3n(n2)CC(C)(C(=O)NC2CCCCCC2)N(C)C3=O)cc1Cl. The summed E-state index contributed by atoms with van der Waals surface area (Å²) in [6.45, 7) is 3.80. The zero-order valence-electron chi connectivity index (χ0n) is 19.3. The monoisotopic (exact) mass is 471 g/mol. The molecule has 0 bridgehead atoms. The molecule has 4 rings (SSSR count). The minimum absolute atomic E-state index is 0.108. The van der Waals surface area contributed by atoms with Gasteiger partial charge in [0.15, 0.2) is 5.69 Å². The number of nitrogens with one attached hydrogen (secondary N) is 2. The zero-order valence-corrected chi connectivity index (χ0v) is 20.0. The van der Waals surface area contributed by atoms with Gasteiger partial charge >= 0.3 is 0 Å². The third-order valence-electron chi connectivity index (χ3n) is 6.84. The Kier molecular flexibility index (Phi) is 6.47. The molecular weight excluding hydrogens is 442 g/mol. The number of aromatic nitrogens is 2. The summed E-state index contributed by atoms with van der Waals surface area (Å²) in [5.41, 5.74) is 0.738. The number of fused-ring (bicyclic) bond motifs is 1. The molecule has 1 aliphatic heterocycles. The molecule has 1 saturated carbocycles. The van der Waals surface area contributed by atoms with Crippen molar-refractivity contribution in [1.82, 2.24) is 20.0 Å². The second kappa shape index (κ2) is 9.17. The molecule has 1 aromatic heterocycles. The van der Waals surface area contributed by atoms with E-state index in [0.29, 0.717) is 10.7 Å². The molecule has 0 spiro atoms. The van der Waals surface area contributed by atoms with E-state index in [1.807, 2.05) is 13.0 Å². The topological polar surface area (TPSA) is 96.3 Å². The number of rotatable bonds is 4. The van der Waals surface area contributed by atoms with Crippen LogP contribution in [0.25, 0.3) is 0 Å². The molecule has 9 heteroatoms. The first-order chi connectivity index (χ1) is 15.7. The Morgan fingerprint density at radius 3 is 2.52 bits per heavy atom. The average molecular weight is 472 g/mol. The van der Waals surface area contributed by atoms with Crippen molar-refractivity contribution in [2.24, 2.45) is 0 Å². The van der Waals surface area contributed by atoms with Crippen LogP contribution < -0.4 is 10.6 Å². The molecule has 8 nitrogen and oxygen atoms in total. The van der Waals surface area contributed by atoms with E-state index in [1.165, 1.54) is 28.5 Å². The fourth-order valence-electron chi connectivity index (χ4n) is 4.47. The van der Waals surface area contributed by atoms with Gasteiger partial charge in [0.05, 0.1) is 6.54 Å². The number of aryl methyl sites for hydroxylation is 1. The molecule has 2 aliphatic rings. The minimum Gasteiger partial charge on any atom is -0.351 e. The van der Waals surface area contributed by atoms with Gasteiger partial charge in [-0.25, -0.2) is 0 Å². The number of benzene rings is 1. The number of carbonyl (C=O) groups is 3. The summed E-state index contributed by atoms with van der Waals surface area (Å²) >= 11 is 6.14. The molecule has 1 unspecified atom stereocenters. The second-order valence-electron chi connectivity index (χ2n) is 9.29. The third kappa shape index (κ3) is 4.62. The van der Waals surface area contributed by atoms with E-state index in [0.717, 1.165) is 31.2 Å². The number of hydrogen-bond acceptors (Lipinski definition) is 4. The van der Waals surface area contributed by atoms with Gasteiger partial charge in [0, 0.05) is 29.9 Å². The Hall–Kier alpha value is -2.87. The van der Waals surface area contributed by atoms with Gasteiger partial charge in [-0.3, -0.25) is 19.1 Å². The van der Waals surface area contributed by atoms with Crippen LogP contribution in [0, 0.1) is 6.92 Å². The van der Waals surface area contributed by atoms with Gasteiger partial charge in [-0.2, -0.15) is 5.10 Å². The summed E-state index contributed by atoms with van der Waals surface area (Å²) in [5.74, 6) is -0.978. The molecule has 1 aliphatic carbocycles. The normalized spacial score (nSPS) is 21.3. The zero-order chi connectivity index (χ0) is 23.8. The van der Waals surface area contributed by atoms with Gasteiger partial charge < -0.3 is 15.5 Å². The number of hydrogen-bond donors (Lipinski definition) is 2. The van der Waals surface area contributed by atoms with Gasteiger partial charge in [-0.05, 0) is 44.4 Å². The van der Waals surface area contributed by atoms with Gasteiger partial charge in [-0.15, -0.1) is 0 Å². The Morgan fingerprint density at radius 1 is 1.15 bits per heavy atom. The lowest BCUT2D eigenvalue weighted by molar-refractivity contribution is -0.133. The Morgan fingerprint density at radius 2 is 1.85 bits per heavy atom. The summed E-state index contributed by atoms with van der Waals surface area (Å²) in [7, 11) is 1.62. The molecule has 1 atom stereocenters. The lowest BCUT2D eigenvalue weighted by Crippen LogP contribution is -2.63. The quantitative estimate of drug-likeness (QED) is 0.663. The van der Waals surface area contributed by atoms with Crippen molar-refractivity contribution in [2.45, 2.75) is 70.5 Å². The van der Waals surface area contributed by atoms with Crippen LogP contribution in [0.5, 0.6) is 0 Å². The summed E-state index contributed by atoms with van der Waals surface area (Å²) in [5, 5.41) is 10.8. The van der Waals surface area contributed by atoms with Crippen molar-refractivity contribution in [2.75, 3.05) is 12.4 Å². The molecule has 3 amide bonds. The first-order valence-corrected chi connectivity index (χ1v) is 11.8. The van der Waals surface area contributed by atoms with Crippen LogP contribution in [-0.4, -0.2) is 51.0 Å². The molecule has 0 saturated heterocycles. The third-order valence-corrected chi connectivity index (χ3v) is 7.25. The molecule has 2 aromatic rings. The molecule has 2 N–H and O–H groups in total. The molecular formula is C24H30ClN5O3. The number of amides is 3. The maximum atomic E-state index is 13.3. The van der Waals surface area contributed by atoms with Gasteiger partial charge in [0.2, 0.25) is 5.91 Å². The van der Waals surface area contributed by atoms with E-state index in [1.54, 1.807) is 26.1 Å². The van der Waals surface area contributed by atoms with Crippen molar-refractivity contribution in [1.29, 1.82) is 0 Å². The van der Waals surface area contributed by atoms with Crippen LogP contribution in [-0.2, 0) is 11.3 Å². The van der Waals surface area contributed by atoms with Gasteiger partial charge in [-0.1, -0.05) is 43.4 Å². The van der Waals surface area contributed by atoms with Crippen molar-refractivity contribution < 1.29 is 14.4 Å². The maximum Gasteiger partial charge on any atom is 0.276 e. The van der Waals surface area contributed by atoms with Crippen molar-refractivity contribution in [3.63, 3.8) is 0 Å². The Labute approximate surface area is 198 Å². The van der Waals surface area contributed by atoms with E-state index in [4.69, 9.17) is 11.6 Å². The van der Waals surface area contributed by atoms with Crippen LogP contribution in [0.2, 0.25) is 5.02 Å². The fourth-order valence-corrected chi connectivity index (χ4v) is 4.65. The van der Waals surface area contributed by atoms with Crippen molar-refractivity contribution >= 4 is 35.0 Å². The molecule has 2 heterocycles. The predicted molar refractivity (Wildman–Crippen MR) is 127 cm³/mol. The summed E-state index contributed by atoms with van der Waals surface area (Å²) in [6, 6.07) is 6.82. The fraction of sp³-hybridized carbons (Fsp3) is 0.500. The Bertz CT molecular complexity index is 1090. The van der Waals surface area contributed by atoms with E-state index < -0.39 is 11.4 Å². The number of halogens is 1. The molecule has 1 fully saturated rings. The number of anilines is 1. The highest BCUT2D eigenvalue weighted by atomic mass is 35.5. The first-order valence-electron chi connectivity index (χ1n) is 11.4. The highest BCUT2D eigenvalue weighted by molar-refractivity contribution is 6.31. The summed E-state index contributed by atoms with van der Waals surface area (Å²) < 4.78 is 1.46. The second-order valence-corrected chi connectivity index (χ2v) is 9.70. The van der Waals surface area contributed by atoms with Crippen LogP contribution in [0.1, 0.15) is 72.0 Å². The van der Waals surface area contributed by atoms with E-state index in [-0.39, 0.29) is 35.8 Å². The van der Waals surface area contributed by atoms with Crippen molar-refractivity contribution in [3.05, 3.63) is 46.2 Å². The lowest BCUT2D eigenvalue weighted by atomic mass is 9.95. The van der Waals surface area contributed by atoms with Gasteiger partial charge in [0.25, 0.3) is 11.8 Å². The summed E-state index contributed by atoms with van der Waals surface area (Å²) in [6.07, 6.45) is 6.51. The molecule has 1 aromatic carbocycles. The molecule has 176 valence electrons. The van der Waals surface area contributed by atoms with Crippen LogP contribution in [0.15, 0.2) is 24.3 Å². The van der Waals surface area contributed by atoms with E-state index in [2.05, 4.69) is 15.7 Å². The maximum absolute atomic E-state index is 13.3. The van der Waals surface area contributed by atoms with Crippen LogP contribution >= 0.6 is 11.6 Å². The highest BCUT2D eigenvalue weighted by Crippen LogP contribution is 2.28. The smallest absolute Gasteiger partial charge is 0.276 e. The number of likely N-dealkylation sites (N-methyl/N-ethyl adjacent to an activating group) is 1. The molecule has 33 heavy (non-hydrogen) atoms. The highest BCUT2D eigenvalue weighted by Gasteiger charge is 2.46. The van der Waals surface area contributed by atoms with Gasteiger partial charge in [0.1, 0.15) is 11.2 Å².